The predicted octanol–water partition coefficient (Wildman–Crippen LogP) is 1.84. The van der Waals surface area contributed by atoms with Gasteiger partial charge in [-0.1, -0.05) is 13.8 Å². The van der Waals surface area contributed by atoms with Crippen molar-refractivity contribution >= 4 is 11.5 Å². The van der Waals surface area contributed by atoms with Crippen LogP contribution in [0.4, 0.5) is 0 Å². The van der Waals surface area contributed by atoms with Gasteiger partial charge in [0.05, 0.1) is 5.92 Å². The molecule has 0 N–H and O–H groups in total. The van der Waals surface area contributed by atoms with E-state index in [2.05, 4.69) is 11.9 Å². The van der Waals surface area contributed by atoms with Crippen LogP contribution in [0, 0.1) is 5.92 Å². The van der Waals surface area contributed by atoms with Gasteiger partial charge in [-0.2, -0.15) is 0 Å². The second-order valence-electron chi connectivity index (χ2n) is 3.06. The van der Waals surface area contributed by atoms with Crippen LogP contribution in [0.1, 0.15) is 33.1 Å². The van der Waals surface area contributed by atoms with Crippen LogP contribution in [0.15, 0.2) is 4.99 Å². The Bertz CT molecular complexity index is 184. The Labute approximate surface area is 67.7 Å². The first kappa shape index (κ1) is 8.44. The Kier molecular flexibility index (Phi) is 2.80. The van der Waals surface area contributed by atoms with Gasteiger partial charge in [0.2, 0.25) is 0 Å². The first-order valence-electron chi connectivity index (χ1n) is 4.31. The topological polar surface area (TPSA) is 29.4 Å². The molecule has 0 amide bonds. The van der Waals surface area contributed by atoms with E-state index in [1.165, 1.54) is 0 Å². The largest absolute Gasteiger partial charge is 0.299 e. The van der Waals surface area contributed by atoms with E-state index in [1.54, 1.807) is 0 Å². The van der Waals surface area contributed by atoms with Gasteiger partial charge in [0.1, 0.15) is 5.78 Å². The molecule has 1 unspecified atom stereocenters. The minimum Gasteiger partial charge on any atom is -0.299 e. The molecule has 0 aromatic carbocycles. The number of hydrogen-bond acceptors (Lipinski definition) is 2. The van der Waals surface area contributed by atoms with Crippen molar-refractivity contribution in [3.63, 3.8) is 0 Å². The first-order valence-corrected chi connectivity index (χ1v) is 4.31. The zero-order chi connectivity index (χ0) is 8.27. The number of hydrogen-bond donors (Lipinski definition) is 0. The minimum absolute atomic E-state index is 0.113. The van der Waals surface area contributed by atoms with E-state index in [1.807, 2.05) is 6.92 Å². The Hall–Kier alpha value is -0.660. The van der Waals surface area contributed by atoms with E-state index >= 15 is 0 Å². The molecule has 62 valence electrons. The molecule has 2 heteroatoms. The third kappa shape index (κ3) is 1.88. The molecule has 1 rings (SSSR count). The monoisotopic (exact) mass is 153 g/mol. The summed E-state index contributed by atoms with van der Waals surface area (Å²) in [5, 5.41) is 0. The Morgan fingerprint density at radius 2 is 2.27 bits per heavy atom. The second kappa shape index (κ2) is 3.65. The lowest BCUT2D eigenvalue weighted by molar-refractivity contribution is -0.119. The van der Waals surface area contributed by atoms with Gasteiger partial charge in [0.15, 0.2) is 0 Å². The average Bonchev–Trinajstić information content (AvgIpc) is 2.31. The number of ketones is 1. The third-order valence-electron chi connectivity index (χ3n) is 2.15. The molecule has 0 aliphatic heterocycles. The highest BCUT2D eigenvalue weighted by Gasteiger charge is 2.25. The molecule has 0 spiro atoms. The molecular weight excluding hydrogens is 138 g/mol. The van der Waals surface area contributed by atoms with Crippen molar-refractivity contribution in [1.29, 1.82) is 0 Å². The maximum Gasteiger partial charge on any atom is 0.141 e. The smallest absolute Gasteiger partial charge is 0.141 e. The maximum atomic E-state index is 11.1. The Balaban J connectivity index is 2.54. The number of carbonyl (C=O) groups is 1. The van der Waals surface area contributed by atoms with Gasteiger partial charge < -0.3 is 0 Å². The number of Topliss-reactive ketones (excluding diaryl/α,β-unsaturated/α-hetero) is 1. The summed E-state index contributed by atoms with van der Waals surface area (Å²) in [7, 11) is 0. The first-order chi connectivity index (χ1) is 5.25. The van der Waals surface area contributed by atoms with Crippen LogP contribution < -0.4 is 0 Å². The molecule has 2 nitrogen and oxygen atoms in total. The minimum atomic E-state index is 0.113. The zero-order valence-electron chi connectivity index (χ0n) is 7.26. The van der Waals surface area contributed by atoms with E-state index in [9.17, 15) is 4.79 Å². The SMILES string of the molecule is CCCN=C1CCC(=O)C1C. The van der Waals surface area contributed by atoms with Gasteiger partial charge in [-0.15, -0.1) is 0 Å². The van der Waals surface area contributed by atoms with Crippen LogP contribution in [0.2, 0.25) is 0 Å². The van der Waals surface area contributed by atoms with E-state index in [0.717, 1.165) is 25.1 Å². The molecule has 1 aliphatic rings. The molecule has 1 saturated carbocycles. The highest BCUT2D eigenvalue weighted by molar-refractivity contribution is 6.10. The Morgan fingerprint density at radius 1 is 1.55 bits per heavy atom. The standard InChI is InChI=1S/C9H15NO/c1-3-6-10-8-4-5-9(11)7(8)2/h7H,3-6H2,1-2H3. The summed E-state index contributed by atoms with van der Waals surface area (Å²) in [6, 6.07) is 0. The number of aliphatic imine (C=N–C) groups is 1. The van der Waals surface area contributed by atoms with Crippen LogP contribution in [0.25, 0.3) is 0 Å². The molecular formula is C9H15NO. The zero-order valence-corrected chi connectivity index (χ0v) is 7.26. The molecule has 1 fully saturated rings. The van der Waals surface area contributed by atoms with Crippen molar-refractivity contribution < 1.29 is 4.79 Å². The summed E-state index contributed by atoms with van der Waals surface area (Å²) in [6.45, 7) is 4.95. The number of nitrogens with zero attached hydrogens (tertiary/aromatic N) is 1. The molecule has 0 radical (unpaired) electrons. The fourth-order valence-corrected chi connectivity index (χ4v) is 1.34. The molecule has 11 heavy (non-hydrogen) atoms. The van der Waals surface area contributed by atoms with Gasteiger partial charge in [-0.05, 0) is 12.8 Å². The molecule has 0 aromatic heterocycles. The summed E-state index contributed by atoms with van der Waals surface area (Å²) in [4.78, 5) is 15.4. The van der Waals surface area contributed by atoms with Gasteiger partial charge in [0, 0.05) is 18.7 Å². The van der Waals surface area contributed by atoms with E-state index in [0.29, 0.717) is 12.2 Å². The van der Waals surface area contributed by atoms with Crippen molar-refractivity contribution in [2.24, 2.45) is 10.9 Å². The van der Waals surface area contributed by atoms with E-state index in [4.69, 9.17) is 0 Å². The Morgan fingerprint density at radius 3 is 2.73 bits per heavy atom. The normalized spacial score (nSPS) is 28.4. The lowest BCUT2D eigenvalue weighted by atomic mass is 10.1. The summed E-state index contributed by atoms with van der Waals surface area (Å²) in [5.41, 5.74) is 1.12. The summed E-state index contributed by atoms with van der Waals surface area (Å²) in [6.07, 6.45) is 2.69. The fraction of sp³-hybridized carbons (Fsp3) is 0.778. The van der Waals surface area contributed by atoms with Crippen molar-refractivity contribution in [1.82, 2.24) is 0 Å². The van der Waals surface area contributed by atoms with Crippen LogP contribution in [-0.4, -0.2) is 18.0 Å². The van der Waals surface area contributed by atoms with Gasteiger partial charge >= 0.3 is 0 Å². The molecule has 0 bridgehead atoms. The molecule has 0 aromatic rings. The molecule has 0 heterocycles. The highest BCUT2D eigenvalue weighted by atomic mass is 16.1. The van der Waals surface area contributed by atoms with Gasteiger partial charge in [-0.3, -0.25) is 9.79 Å². The number of carbonyl (C=O) groups excluding carboxylic acids is 1. The van der Waals surface area contributed by atoms with Crippen molar-refractivity contribution in [2.45, 2.75) is 33.1 Å². The second-order valence-corrected chi connectivity index (χ2v) is 3.06. The summed E-state index contributed by atoms with van der Waals surface area (Å²) >= 11 is 0. The van der Waals surface area contributed by atoms with Crippen molar-refractivity contribution in [3.8, 4) is 0 Å². The summed E-state index contributed by atoms with van der Waals surface area (Å²) < 4.78 is 0. The van der Waals surface area contributed by atoms with Crippen LogP contribution in [0.3, 0.4) is 0 Å². The summed E-state index contributed by atoms with van der Waals surface area (Å²) in [5.74, 6) is 0.474. The van der Waals surface area contributed by atoms with Gasteiger partial charge in [-0.25, -0.2) is 0 Å². The molecule has 0 saturated heterocycles. The van der Waals surface area contributed by atoms with Crippen LogP contribution in [0.5, 0.6) is 0 Å². The lowest BCUT2D eigenvalue weighted by Gasteiger charge is -2.00. The average molecular weight is 153 g/mol. The molecule has 1 atom stereocenters. The van der Waals surface area contributed by atoms with Crippen LogP contribution >= 0.6 is 0 Å². The predicted molar refractivity (Wildman–Crippen MR) is 46.0 cm³/mol. The molecule has 1 aliphatic carbocycles. The third-order valence-corrected chi connectivity index (χ3v) is 2.15. The fourth-order valence-electron chi connectivity index (χ4n) is 1.34. The van der Waals surface area contributed by atoms with Gasteiger partial charge in [0.25, 0.3) is 0 Å². The van der Waals surface area contributed by atoms with Crippen molar-refractivity contribution in [2.75, 3.05) is 6.54 Å². The quantitative estimate of drug-likeness (QED) is 0.595. The van der Waals surface area contributed by atoms with Crippen molar-refractivity contribution in [3.05, 3.63) is 0 Å². The maximum absolute atomic E-state index is 11.1. The van der Waals surface area contributed by atoms with E-state index < -0.39 is 0 Å². The van der Waals surface area contributed by atoms with Crippen LogP contribution in [-0.2, 0) is 4.79 Å². The number of rotatable bonds is 2. The lowest BCUT2D eigenvalue weighted by Crippen LogP contribution is -2.09. The highest BCUT2D eigenvalue weighted by Crippen LogP contribution is 2.18. The van der Waals surface area contributed by atoms with E-state index in [-0.39, 0.29) is 5.92 Å².